The van der Waals surface area contributed by atoms with Crippen LogP contribution in [0.15, 0.2) is 0 Å². The van der Waals surface area contributed by atoms with Gasteiger partial charge in [0, 0.05) is 27.9 Å². The van der Waals surface area contributed by atoms with Crippen LogP contribution in [0.5, 0.6) is 0 Å². The number of hydrogen-bond donors (Lipinski definition) is 0. The zero-order valence-electron chi connectivity index (χ0n) is 7.94. The molecule has 0 aliphatic carbocycles. The molecule has 2 amide bonds. The molecule has 0 unspecified atom stereocenters. The summed E-state index contributed by atoms with van der Waals surface area (Å²) in [6, 6.07) is 0. The average Bonchev–Trinajstić information content (AvgIpc) is 1.82. The van der Waals surface area contributed by atoms with Crippen LogP contribution in [0.1, 0.15) is 13.8 Å². The molecule has 0 rings (SSSR count). The number of carbonyl (C=O) groups is 2. The molecule has 0 N–H and O–H groups in total. The average molecular weight is 208 g/mol. The molecule has 6 nitrogen and oxygen atoms in total. The summed E-state index contributed by atoms with van der Waals surface area (Å²) in [6.07, 6.45) is 0. The fourth-order valence-electron chi connectivity index (χ4n) is 0.710. The molecule has 0 spiro atoms. The number of hydrogen-bond acceptors (Lipinski definition) is 4. The van der Waals surface area contributed by atoms with Crippen LogP contribution in [-0.4, -0.2) is 42.9 Å². The topological polar surface area (TPSA) is 74.8 Å². The lowest BCUT2D eigenvalue weighted by Gasteiger charge is -2.20. The second-order valence-electron chi connectivity index (χ2n) is 2.59. The Morgan fingerprint density at radius 1 is 1.00 bits per heavy atom. The van der Waals surface area contributed by atoms with Crippen molar-refractivity contribution in [3.8, 4) is 0 Å². The molecule has 0 aliphatic rings. The van der Waals surface area contributed by atoms with E-state index >= 15 is 0 Å². The van der Waals surface area contributed by atoms with Gasteiger partial charge >= 0.3 is 10.2 Å². The van der Waals surface area contributed by atoms with Gasteiger partial charge in [0.1, 0.15) is 0 Å². The predicted octanol–water partition coefficient (Wildman–Crippen LogP) is -0.812. The molecule has 0 saturated heterocycles. The van der Waals surface area contributed by atoms with Crippen LogP contribution >= 0.6 is 0 Å². The largest absolute Gasteiger partial charge is 0.312 e. The lowest BCUT2D eigenvalue weighted by atomic mass is 10.6. The zero-order valence-corrected chi connectivity index (χ0v) is 8.75. The maximum atomic E-state index is 11.3. The van der Waals surface area contributed by atoms with Gasteiger partial charge in [-0.25, -0.2) is 0 Å². The van der Waals surface area contributed by atoms with E-state index in [0.29, 0.717) is 0 Å². The molecular formula is C6H12N2O4S. The predicted molar refractivity (Wildman–Crippen MR) is 45.8 cm³/mol. The van der Waals surface area contributed by atoms with Crippen molar-refractivity contribution < 1.29 is 18.0 Å². The minimum atomic E-state index is -3.97. The van der Waals surface area contributed by atoms with Crippen molar-refractivity contribution in [3.63, 3.8) is 0 Å². The van der Waals surface area contributed by atoms with Gasteiger partial charge in [-0.15, -0.1) is 0 Å². The molecule has 0 fully saturated rings. The van der Waals surface area contributed by atoms with Gasteiger partial charge < -0.3 is 0 Å². The van der Waals surface area contributed by atoms with E-state index in [1.165, 1.54) is 14.1 Å². The van der Waals surface area contributed by atoms with E-state index in [9.17, 15) is 18.0 Å². The molecule has 0 aromatic heterocycles. The van der Waals surface area contributed by atoms with Crippen LogP contribution in [0, 0.1) is 0 Å². The molecule has 0 radical (unpaired) electrons. The summed E-state index contributed by atoms with van der Waals surface area (Å²) in [4.78, 5) is 21.7. The standard InChI is InChI=1S/C6H12N2O4S/c1-5(9)8(6(2)10)13(11,12)7(3)4/h1-4H3. The van der Waals surface area contributed by atoms with E-state index in [0.717, 1.165) is 18.2 Å². The summed E-state index contributed by atoms with van der Waals surface area (Å²) < 4.78 is 23.7. The van der Waals surface area contributed by atoms with E-state index in [-0.39, 0.29) is 4.31 Å². The van der Waals surface area contributed by atoms with Gasteiger partial charge in [0.2, 0.25) is 11.8 Å². The minimum Gasteiger partial charge on any atom is -0.274 e. The van der Waals surface area contributed by atoms with Crippen LogP contribution in [0.25, 0.3) is 0 Å². The van der Waals surface area contributed by atoms with Gasteiger partial charge in [0.25, 0.3) is 0 Å². The monoisotopic (exact) mass is 208 g/mol. The molecule has 0 aromatic rings. The molecule has 13 heavy (non-hydrogen) atoms. The zero-order chi connectivity index (χ0) is 10.8. The number of imide groups is 1. The Morgan fingerprint density at radius 3 is 1.38 bits per heavy atom. The Bertz CT molecular complexity index is 306. The third-order valence-corrected chi connectivity index (χ3v) is 3.16. The number of carbonyl (C=O) groups excluding carboxylic acids is 2. The van der Waals surface area contributed by atoms with Crippen molar-refractivity contribution in [2.75, 3.05) is 14.1 Å². The smallest absolute Gasteiger partial charge is 0.274 e. The number of amides is 2. The second-order valence-corrected chi connectivity index (χ2v) is 4.58. The van der Waals surface area contributed by atoms with Gasteiger partial charge in [-0.3, -0.25) is 9.59 Å². The van der Waals surface area contributed by atoms with Gasteiger partial charge in [0.15, 0.2) is 0 Å². The van der Waals surface area contributed by atoms with Crippen LogP contribution < -0.4 is 0 Å². The normalized spacial score (nSPS) is 11.5. The van der Waals surface area contributed by atoms with E-state index in [4.69, 9.17) is 0 Å². The molecule has 0 aliphatic heterocycles. The maximum absolute atomic E-state index is 11.3. The SMILES string of the molecule is CC(=O)N(C(C)=O)S(=O)(=O)N(C)C. The lowest BCUT2D eigenvalue weighted by molar-refractivity contribution is -0.136. The highest BCUT2D eigenvalue weighted by molar-refractivity contribution is 7.87. The highest BCUT2D eigenvalue weighted by atomic mass is 32.2. The molecule has 0 atom stereocenters. The fraction of sp³-hybridized carbons (Fsp3) is 0.667. The quantitative estimate of drug-likeness (QED) is 0.594. The van der Waals surface area contributed by atoms with Crippen molar-refractivity contribution in [1.82, 2.24) is 8.61 Å². The minimum absolute atomic E-state index is 0.215. The molecule has 0 heterocycles. The molecule has 0 aromatic carbocycles. The van der Waals surface area contributed by atoms with Crippen LogP contribution in [0.2, 0.25) is 0 Å². The molecular weight excluding hydrogens is 196 g/mol. The summed E-state index contributed by atoms with van der Waals surface area (Å²) in [7, 11) is -1.48. The first-order valence-electron chi connectivity index (χ1n) is 3.45. The third-order valence-electron chi connectivity index (χ3n) is 1.26. The highest BCUT2D eigenvalue weighted by Crippen LogP contribution is 2.04. The first-order chi connectivity index (χ1) is 5.71. The summed E-state index contributed by atoms with van der Waals surface area (Å²) in [5.74, 6) is -1.64. The summed E-state index contributed by atoms with van der Waals surface area (Å²) in [6.45, 7) is 2.03. The third kappa shape index (κ3) is 2.49. The van der Waals surface area contributed by atoms with Crippen molar-refractivity contribution in [2.24, 2.45) is 0 Å². The summed E-state index contributed by atoms with van der Waals surface area (Å²) in [5.41, 5.74) is 0. The number of nitrogens with zero attached hydrogens (tertiary/aromatic N) is 2. The fourth-order valence-corrected chi connectivity index (χ4v) is 1.69. The van der Waals surface area contributed by atoms with E-state index in [2.05, 4.69) is 0 Å². The van der Waals surface area contributed by atoms with Gasteiger partial charge in [-0.05, 0) is 0 Å². The van der Waals surface area contributed by atoms with E-state index in [1.54, 1.807) is 0 Å². The van der Waals surface area contributed by atoms with Gasteiger partial charge in [-0.2, -0.15) is 17.0 Å². The van der Waals surface area contributed by atoms with E-state index in [1.807, 2.05) is 0 Å². The Kier molecular flexibility index (Phi) is 3.56. The first-order valence-corrected chi connectivity index (χ1v) is 4.85. The summed E-state index contributed by atoms with van der Waals surface area (Å²) >= 11 is 0. The number of rotatable bonds is 2. The molecule has 0 saturated carbocycles. The van der Waals surface area contributed by atoms with Crippen LogP contribution in [-0.2, 0) is 19.8 Å². The van der Waals surface area contributed by atoms with Crippen molar-refractivity contribution >= 4 is 22.0 Å². The van der Waals surface area contributed by atoms with E-state index < -0.39 is 22.0 Å². The lowest BCUT2D eigenvalue weighted by Crippen LogP contribution is -2.45. The van der Waals surface area contributed by atoms with Crippen molar-refractivity contribution in [2.45, 2.75) is 13.8 Å². The summed E-state index contributed by atoms with van der Waals surface area (Å²) in [5, 5.41) is 0. The Labute approximate surface area is 77.3 Å². The van der Waals surface area contributed by atoms with Gasteiger partial charge in [0.05, 0.1) is 0 Å². The van der Waals surface area contributed by atoms with Crippen LogP contribution in [0.3, 0.4) is 0 Å². The Morgan fingerprint density at radius 2 is 1.31 bits per heavy atom. The second kappa shape index (κ2) is 3.84. The van der Waals surface area contributed by atoms with Gasteiger partial charge in [-0.1, -0.05) is 0 Å². The Hall–Kier alpha value is -0.950. The van der Waals surface area contributed by atoms with Crippen molar-refractivity contribution in [3.05, 3.63) is 0 Å². The van der Waals surface area contributed by atoms with Crippen LogP contribution in [0.4, 0.5) is 0 Å². The molecule has 7 heteroatoms. The first kappa shape index (κ1) is 12.0. The van der Waals surface area contributed by atoms with Crippen molar-refractivity contribution in [1.29, 1.82) is 0 Å². The molecule has 76 valence electrons. The highest BCUT2D eigenvalue weighted by Gasteiger charge is 2.30. The maximum Gasteiger partial charge on any atom is 0.312 e. The Balaban J connectivity index is 5.21. The molecule has 0 bridgehead atoms.